The number of carbonyl (C=O) groups excluding carboxylic acids is 2. The molecule has 0 aliphatic rings. The standard InChI is InChI=1S/C80H157NO5/c1-3-5-7-9-11-13-15-17-19-21-22-23-32-35-38-41-44-48-52-56-60-64-68-72-78(83)77(76-82)81-79(84)73-69-65-61-57-53-49-45-42-39-36-33-30-28-26-24-25-27-29-31-34-37-40-43-47-51-55-59-63-67-71-75-86-80(85)74-70-66-62-58-54-50-46-20-18-16-14-12-10-8-6-4-2/h20,46,77-78,82-83H,3-19,21-45,47-76H2,1-2H3,(H,81,84)/b46-20-. The summed E-state index contributed by atoms with van der Waals surface area (Å²) in [5.74, 6) is -0.0110. The van der Waals surface area contributed by atoms with Gasteiger partial charge in [-0.05, 0) is 51.4 Å². The summed E-state index contributed by atoms with van der Waals surface area (Å²) >= 11 is 0. The number of unbranched alkanes of at least 4 members (excludes halogenated alkanes) is 63. The lowest BCUT2D eigenvalue weighted by molar-refractivity contribution is -0.143. The number of allylic oxidation sites excluding steroid dienone is 2. The molecule has 0 saturated heterocycles. The van der Waals surface area contributed by atoms with Crippen molar-refractivity contribution < 1.29 is 24.5 Å². The summed E-state index contributed by atoms with van der Waals surface area (Å²) in [7, 11) is 0. The predicted molar refractivity (Wildman–Crippen MR) is 380 cm³/mol. The Morgan fingerprint density at radius 2 is 0.547 bits per heavy atom. The van der Waals surface area contributed by atoms with Crippen LogP contribution in [0.1, 0.15) is 463 Å². The number of ether oxygens (including phenoxy) is 1. The second kappa shape index (κ2) is 76.1. The van der Waals surface area contributed by atoms with E-state index in [1.165, 1.54) is 385 Å². The van der Waals surface area contributed by atoms with E-state index in [1.807, 2.05) is 0 Å². The highest BCUT2D eigenvalue weighted by molar-refractivity contribution is 5.76. The molecule has 0 heterocycles. The normalized spacial score (nSPS) is 12.5. The maximum atomic E-state index is 12.6. The number of rotatable bonds is 76. The number of aliphatic hydroxyl groups is 2. The molecule has 0 aromatic rings. The van der Waals surface area contributed by atoms with Crippen molar-refractivity contribution in [2.75, 3.05) is 13.2 Å². The summed E-state index contributed by atoms with van der Waals surface area (Å²) < 4.78 is 5.50. The maximum Gasteiger partial charge on any atom is 0.305 e. The molecule has 0 spiro atoms. The Bertz CT molecular complexity index is 1300. The Labute approximate surface area is 539 Å². The molecule has 0 rings (SSSR count). The molecule has 0 radical (unpaired) electrons. The Balaban J connectivity index is 3.33. The first-order valence-corrected chi connectivity index (χ1v) is 39.9. The van der Waals surface area contributed by atoms with E-state index in [2.05, 4.69) is 31.3 Å². The number of nitrogens with one attached hydrogen (secondary N) is 1. The minimum absolute atomic E-state index is 0.0141. The molecule has 0 aliphatic heterocycles. The number of hydrogen-bond acceptors (Lipinski definition) is 5. The molecule has 0 aliphatic carbocycles. The second-order valence-electron chi connectivity index (χ2n) is 27.8. The molecule has 0 saturated carbocycles. The molecule has 2 unspecified atom stereocenters. The lowest BCUT2D eigenvalue weighted by Crippen LogP contribution is -2.45. The molecule has 1 amide bonds. The Morgan fingerprint density at radius 1 is 0.314 bits per heavy atom. The number of carbonyl (C=O) groups is 2. The van der Waals surface area contributed by atoms with Crippen LogP contribution in [0.3, 0.4) is 0 Å². The number of hydrogen-bond donors (Lipinski definition) is 3. The van der Waals surface area contributed by atoms with Crippen molar-refractivity contribution in [1.29, 1.82) is 0 Å². The fourth-order valence-corrected chi connectivity index (χ4v) is 13.0. The van der Waals surface area contributed by atoms with Crippen LogP contribution < -0.4 is 5.32 Å². The van der Waals surface area contributed by atoms with Gasteiger partial charge in [-0.1, -0.05) is 411 Å². The van der Waals surface area contributed by atoms with E-state index in [-0.39, 0.29) is 18.5 Å². The minimum Gasteiger partial charge on any atom is -0.466 e. The summed E-state index contributed by atoms with van der Waals surface area (Å²) in [4.78, 5) is 24.7. The van der Waals surface area contributed by atoms with E-state index in [4.69, 9.17) is 4.74 Å². The van der Waals surface area contributed by atoms with Crippen LogP contribution in [0.4, 0.5) is 0 Å². The van der Waals surface area contributed by atoms with Crippen molar-refractivity contribution in [1.82, 2.24) is 5.32 Å². The third-order valence-corrected chi connectivity index (χ3v) is 19.1. The summed E-state index contributed by atoms with van der Waals surface area (Å²) in [5.41, 5.74) is 0. The predicted octanol–water partition coefficient (Wildman–Crippen LogP) is 26.3. The smallest absolute Gasteiger partial charge is 0.305 e. The first-order valence-electron chi connectivity index (χ1n) is 39.9. The van der Waals surface area contributed by atoms with Crippen LogP contribution in [0.2, 0.25) is 0 Å². The summed E-state index contributed by atoms with van der Waals surface area (Å²) in [6.45, 7) is 5.01. The van der Waals surface area contributed by atoms with E-state index in [1.54, 1.807) is 0 Å². The molecule has 512 valence electrons. The molecule has 0 aromatic heterocycles. The zero-order valence-corrected chi connectivity index (χ0v) is 58.8. The third-order valence-electron chi connectivity index (χ3n) is 19.1. The molecule has 6 nitrogen and oxygen atoms in total. The largest absolute Gasteiger partial charge is 0.466 e. The molecule has 86 heavy (non-hydrogen) atoms. The van der Waals surface area contributed by atoms with Crippen molar-refractivity contribution in [3.8, 4) is 0 Å². The zero-order valence-electron chi connectivity index (χ0n) is 58.8. The van der Waals surface area contributed by atoms with Gasteiger partial charge in [0.15, 0.2) is 0 Å². The van der Waals surface area contributed by atoms with Gasteiger partial charge in [-0.25, -0.2) is 0 Å². The quantitative estimate of drug-likeness (QED) is 0.0320. The molecule has 0 bridgehead atoms. The summed E-state index contributed by atoms with van der Waals surface area (Å²) in [5, 5.41) is 23.5. The van der Waals surface area contributed by atoms with Gasteiger partial charge in [-0.2, -0.15) is 0 Å². The third kappa shape index (κ3) is 71.7. The molecule has 0 fully saturated rings. The second-order valence-corrected chi connectivity index (χ2v) is 27.8. The van der Waals surface area contributed by atoms with Gasteiger partial charge in [0.2, 0.25) is 5.91 Å². The van der Waals surface area contributed by atoms with Crippen molar-refractivity contribution in [2.45, 2.75) is 475 Å². The maximum absolute atomic E-state index is 12.6. The fraction of sp³-hybridized carbons (Fsp3) is 0.950. The van der Waals surface area contributed by atoms with E-state index >= 15 is 0 Å². The van der Waals surface area contributed by atoms with Gasteiger partial charge in [0.05, 0.1) is 25.4 Å². The van der Waals surface area contributed by atoms with Gasteiger partial charge in [-0.15, -0.1) is 0 Å². The SMILES string of the molecule is CCCCCCCCC/C=C\CCCCCCCC(=O)OCCCCCCCCCCCCCCCCCCCCCCCCCCCCCCCCC(=O)NC(CO)C(O)CCCCCCCCCCCCCCCCCCCCCCCCC. The number of aliphatic hydroxyl groups excluding tert-OH is 2. The fourth-order valence-electron chi connectivity index (χ4n) is 13.0. The topological polar surface area (TPSA) is 95.9 Å². The van der Waals surface area contributed by atoms with E-state index in [0.29, 0.717) is 25.9 Å². The van der Waals surface area contributed by atoms with Crippen LogP contribution in [0.25, 0.3) is 0 Å². The Morgan fingerprint density at radius 3 is 0.826 bits per heavy atom. The van der Waals surface area contributed by atoms with E-state index < -0.39 is 12.1 Å². The van der Waals surface area contributed by atoms with Crippen LogP contribution in [0, 0.1) is 0 Å². The van der Waals surface area contributed by atoms with Crippen molar-refractivity contribution in [3.63, 3.8) is 0 Å². The van der Waals surface area contributed by atoms with E-state index in [0.717, 1.165) is 44.9 Å². The monoisotopic (exact) mass is 1210 g/mol. The zero-order chi connectivity index (χ0) is 62.0. The first-order chi connectivity index (χ1) is 42.5. The molecule has 3 N–H and O–H groups in total. The van der Waals surface area contributed by atoms with Crippen molar-refractivity contribution in [3.05, 3.63) is 12.2 Å². The highest BCUT2D eigenvalue weighted by Crippen LogP contribution is 2.20. The number of esters is 1. The molecular formula is C80H157NO5. The Kier molecular flexibility index (Phi) is 74.8. The average molecular weight is 1210 g/mol. The first kappa shape index (κ1) is 84.6. The van der Waals surface area contributed by atoms with E-state index in [9.17, 15) is 19.8 Å². The number of amides is 1. The minimum atomic E-state index is -0.662. The van der Waals surface area contributed by atoms with Crippen LogP contribution in [-0.2, 0) is 14.3 Å². The summed E-state index contributed by atoms with van der Waals surface area (Å²) in [6, 6.07) is -0.539. The molecular weight excluding hydrogens is 1050 g/mol. The van der Waals surface area contributed by atoms with Crippen LogP contribution in [0.5, 0.6) is 0 Å². The van der Waals surface area contributed by atoms with Gasteiger partial charge >= 0.3 is 5.97 Å². The highest BCUT2D eigenvalue weighted by Gasteiger charge is 2.20. The molecule has 6 heteroatoms. The van der Waals surface area contributed by atoms with Gasteiger partial charge in [0, 0.05) is 12.8 Å². The lowest BCUT2D eigenvalue weighted by atomic mass is 10.0. The van der Waals surface area contributed by atoms with Crippen molar-refractivity contribution >= 4 is 11.9 Å². The van der Waals surface area contributed by atoms with Crippen LogP contribution in [0.15, 0.2) is 12.2 Å². The van der Waals surface area contributed by atoms with Gasteiger partial charge in [-0.3, -0.25) is 9.59 Å². The van der Waals surface area contributed by atoms with Crippen LogP contribution >= 0.6 is 0 Å². The Hall–Kier alpha value is -1.40. The molecule has 2 atom stereocenters. The molecule has 0 aromatic carbocycles. The summed E-state index contributed by atoms with van der Waals surface area (Å²) in [6.07, 6.45) is 95.9. The lowest BCUT2D eigenvalue weighted by Gasteiger charge is -2.22. The van der Waals surface area contributed by atoms with Gasteiger partial charge < -0.3 is 20.3 Å². The average Bonchev–Trinajstić information content (AvgIpc) is 3.53. The van der Waals surface area contributed by atoms with Gasteiger partial charge in [0.25, 0.3) is 0 Å². The highest BCUT2D eigenvalue weighted by atomic mass is 16.5. The van der Waals surface area contributed by atoms with Crippen molar-refractivity contribution in [2.24, 2.45) is 0 Å². The van der Waals surface area contributed by atoms with Crippen LogP contribution in [-0.4, -0.2) is 47.4 Å². The van der Waals surface area contributed by atoms with Gasteiger partial charge in [0.1, 0.15) is 0 Å².